The first-order valence-electron chi connectivity index (χ1n) is 6.07. The minimum Gasteiger partial charge on any atom is -0.341 e. The van der Waals surface area contributed by atoms with E-state index in [2.05, 4.69) is 31.4 Å². The average Bonchev–Trinajstić information content (AvgIpc) is 3.19. The van der Waals surface area contributed by atoms with Crippen LogP contribution in [0.3, 0.4) is 0 Å². The molecule has 1 aromatic rings. The number of nitrogens with one attached hydrogen (secondary N) is 2. The van der Waals surface area contributed by atoms with Crippen LogP contribution in [0.15, 0.2) is 15.6 Å². The third-order valence-corrected chi connectivity index (χ3v) is 4.53. The number of carbonyl (C=O) groups is 1. The number of amides is 1. The zero-order chi connectivity index (χ0) is 12.7. The Morgan fingerprint density at radius 1 is 1.44 bits per heavy atom. The van der Waals surface area contributed by atoms with Crippen LogP contribution in [0.4, 0.5) is 0 Å². The summed E-state index contributed by atoms with van der Waals surface area (Å²) in [5.41, 5.74) is 4.25. The van der Waals surface area contributed by atoms with Crippen molar-refractivity contribution in [2.75, 3.05) is 0 Å². The maximum atomic E-state index is 11.5. The second-order valence-electron chi connectivity index (χ2n) is 4.87. The van der Waals surface area contributed by atoms with Gasteiger partial charge in [-0.1, -0.05) is 11.6 Å². The molecule has 3 rings (SSSR count). The van der Waals surface area contributed by atoms with Gasteiger partial charge in [-0.15, -0.1) is 0 Å². The van der Waals surface area contributed by atoms with Crippen LogP contribution in [-0.4, -0.2) is 10.9 Å². The number of pyridine rings is 1. The molecule has 2 fully saturated rings. The van der Waals surface area contributed by atoms with Crippen LogP contribution in [0.1, 0.15) is 37.3 Å². The monoisotopic (exact) mass is 329 g/mol. The molecule has 2 aliphatic carbocycles. The lowest BCUT2D eigenvalue weighted by Gasteiger charge is -2.04. The number of hydrogen-bond acceptors (Lipinski definition) is 2. The molecule has 96 valence electrons. The van der Waals surface area contributed by atoms with E-state index < -0.39 is 0 Å². The standard InChI is InChI=1S/C12H13BrClN3O/c13-10-8(14)5-9(6-1-2-6)15-11(10)16-17-12(18)7-3-4-7/h5-7H,1-4H2,(H,15,16)(H,17,18). The Kier molecular flexibility index (Phi) is 3.20. The number of hydrogen-bond donors (Lipinski definition) is 2. The molecule has 0 radical (unpaired) electrons. The number of nitrogens with zero attached hydrogens (tertiary/aromatic N) is 1. The topological polar surface area (TPSA) is 57.2 Å². The smallest absolute Gasteiger partial charge is 0.243 e. The van der Waals surface area contributed by atoms with Gasteiger partial charge in [-0.25, -0.2) is 5.43 Å². The van der Waals surface area contributed by atoms with Gasteiger partial charge in [0.25, 0.3) is 0 Å². The second-order valence-corrected chi connectivity index (χ2v) is 6.07. The van der Waals surface area contributed by atoms with Gasteiger partial charge in [0.05, 0.1) is 9.50 Å². The van der Waals surface area contributed by atoms with Crippen molar-refractivity contribution in [2.45, 2.75) is 31.6 Å². The van der Waals surface area contributed by atoms with E-state index in [4.69, 9.17) is 11.6 Å². The van der Waals surface area contributed by atoms with E-state index in [-0.39, 0.29) is 11.8 Å². The predicted molar refractivity (Wildman–Crippen MR) is 71.9 cm³/mol. The minimum atomic E-state index is -0.0109. The molecule has 1 heterocycles. The van der Waals surface area contributed by atoms with Crippen molar-refractivity contribution in [1.82, 2.24) is 10.4 Å². The lowest BCUT2D eigenvalue weighted by molar-refractivity contribution is -0.122. The van der Waals surface area contributed by atoms with E-state index in [1.807, 2.05) is 6.07 Å². The van der Waals surface area contributed by atoms with Crippen molar-refractivity contribution in [1.29, 1.82) is 0 Å². The van der Waals surface area contributed by atoms with E-state index >= 15 is 0 Å². The maximum absolute atomic E-state index is 11.5. The van der Waals surface area contributed by atoms with Crippen LogP contribution in [0.5, 0.6) is 0 Å². The first-order chi connectivity index (χ1) is 8.65. The van der Waals surface area contributed by atoms with Gasteiger partial charge in [0.15, 0.2) is 5.49 Å². The highest BCUT2D eigenvalue weighted by molar-refractivity contribution is 9.10. The van der Waals surface area contributed by atoms with Crippen LogP contribution in [0.25, 0.3) is 0 Å². The Morgan fingerprint density at radius 2 is 2.17 bits per heavy atom. The molecule has 0 aromatic carbocycles. The first kappa shape index (κ1) is 12.2. The second kappa shape index (κ2) is 4.70. The molecule has 0 bridgehead atoms. The Labute approximate surface area is 118 Å². The summed E-state index contributed by atoms with van der Waals surface area (Å²) >= 11 is 9.52. The molecule has 1 aromatic heterocycles. The van der Waals surface area contributed by atoms with Gasteiger partial charge in [0.2, 0.25) is 5.91 Å². The Hall–Kier alpha value is -0.810. The molecule has 2 saturated carbocycles. The summed E-state index contributed by atoms with van der Waals surface area (Å²) in [5, 5.41) is 4.73. The third kappa shape index (κ3) is 2.62. The van der Waals surface area contributed by atoms with E-state index in [0.29, 0.717) is 20.9 Å². The van der Waals surface area contributed by atoms with Crippen LogP contribution < -0.4 is 10.9 Å². The SMILES string of the molecule is O=C(NN=c1[nH]c(C2CC2)cc(Cl)c1Br)C1CC1. The van der Waals surface area contributed by atoms with Crippen molar-refractivity contribution in [3.8, 4) is 0 Å². The molecule has 18 heavy (non-hydrogen) atoms. The zero-order valence-corrected chi connectivity index (χ0v) is 12.0. The summed E-state index contributed by atoms with van der Waals surface area (Å²) < 4.78 is 0.685. The van der Waals surface area contributed by atoms with Crippen molar-refractivity contribution in [3.63, 3.8) is 0 Å². The molecule has 2 N–H and O–H groups in total. The summed E-state index contributed by atoms with van der Waals surface area (Å²) in [7, 11) is 0. The zero-order valence-electron chi connectivity index (χ0n) is 9.67. The molecular weight excluding hydrogens is 318 g/mol. The Bertz CT molecular complexity index is 561. The van der Waals surface area contributed by atoms with Gasteiger partial charge >= 0.3 is 0 Å². The molecule has 2 aliphatic rings. The molecule has 0 spiro atoms. The summed E-state index contributed by atoms with van der Waals surface area (Å²) in [6, 6.07) is 1.92. The molecule has 0 unspecified atom stereocenters. The fourth-order valence-corrected chi connectivity index (χ4v) is 2.29. The molecule has 6 heteroatoms. The van der Waals surface area contributed by atoms with Crippen molar-refractivity contribution in [3.05, 3.63) is 26.7 Å². The fraction of sp³-hybridized carbons (Fsp3) is 0.500. The summed E-state index contributed by atoms with van der Waals surface area (Å²) in [5.74, 6) is 0.696. The van der Waals surface area contributed by atoms with Gasteiger partial charge in [-0.05, 0) is 53.6 Å². The van der Waals surface area contributed by atoms with Gasteiger partial charge < -0.3 is 4.98 Å². The normalized spacial score (nSPS) is 20.0. The fourth-order valence-electron chi connectivity index (χ4n) is 1.78. The number of halogens is 2. The number of carbonyl (C=O) groups excluding carboxylic acids is 1. The van der Waals surface area contributed by atoms with Gasteiger partial charge in [0.1, 0.15) is 0 Å². The lowest BCUT2D eigenvalue weighted by Crippen LogP contribution is -2.25. The number of rotatable bonds is 3. The van der Waals surface area contributed by atoms with Gasteiger partial charge in [0, 0.05) is 11.6 Å². The van der Waals surface area contributed by atoms with Crippen LogP contribution in [0.2, 0.25) is 5.02 Å². The third-order valence-electron chi connectivity index (χ3n) is 3.21. The highest BCUT2D eigenvalue weighted by Gasteiger charge is 2.29. The average molecular weight is 331 g/mol. The van der Waals surface area contributed by atoms with Crippen LogP contribution >= 0.6 is 27.5 Å². The summed E-state index contributed by atoms with van der Waals surface area (Å²) in [4.78, 5) is 14.8. The molecular formula is C12H13BrClN3O. The summed E-state index contributed by atoms with van der Waals surface area (Å²) in [6.45, 7) is 0. The van der Waals surface area contributed by atoms with Crippen LogP contribution in [0, 0.1) is 5.92 Å². The van der Waals surface area contributed by atoms with E-state index in [1.54, 1.807) is 0 Å². The van der Waals surface area contributed by atoms with E-state index in [0.717, 1.165) is 18.5 Å². The largest absolute Gasteiger partial charge is 0.341 e. The van der Waals surface area contributed by atoms with E-state index in [9.17, 15) is 4.79 Å². The maximum Gasteiger partial charge on any atom is 0.243 e. The molecule has 0 saturated heterocycles. The number of aromatic amines is 1. The van der Waals surface area contributed by atoms with Crippen molar-refractivity contribution >= 4 is 33.4 Å². The number of aromatic nitrogens is 1. The van der Waals surface area contributed by atoms with Gasteiger partial charge in [-0.2, -0.15) is 5.10 Å². The minimum absolute atomic E-state index is 0.0109. The number of H-pyrrole nitrogens is 1. The van der Waals surface area contributed by atoms with Crippen molar-refractivity contribution < 1.29 is 4.79 Å². The predicted octanol–water partition coefficient (Wildman–Crippen LogP) is 2.65. The van der Waals surface area contributed by atoms with E-state index in [1.165, 1.54) is 12.8 Å². The summed E-state index contributed by atoms with van der Waals surface area (Å²) in [6.07, 6.45) is 4.30. The Morgan fingerprint density at radius 3 is 2.78 bits per heavy atom. The lowest BCUT2D eigenvalue weighted by atomic mass is 10.2. The van der Waals surface area contributed by atoms with Crippen LogP contribution in [-0.2, 0) is 4.79 Å². The van der Waals surface area contributed by atoms with Crippen molar-refractivity contribution in [2.24, 2.45) is 11.0 Å². The molecule has 0 atom stereocenters. The highest BCUT2D eigenvalue weighted by atomic mass is 79.9. The Balaban J connectivity index is 1.88. The molecule has 1 amide bonds. The molecule has 4 nitrogen and oxygen atoms in total. The highest BCUT2D eigenvalue weighted by Crippen LogP contribution is 2.39. The van der Waals surface area contributed by atoms with Gasteiger partial charge in [-0.3, -0.25) is 4.79 Å². The quantitative estimate of drug-likeness (QED) is 0.823. The first-order valence-corrected chi connectivity index (χ1v) is 7.24. The molecule has 0 aliphatic heterocycles.